The van der Waals surface area contributed by atoms with Crippen molar-refractivity contribution >= 4 is 34.5 Å². The number of nitrogens with zero attached hydrogens (tertiary/aromatic N) is 2. The van der Waals surface area contributed by atoms with Gasteiger partial charge in [-0.15, -0.1) is 11.3 Å². The predicted octanol–water partition coefficient (Wildman–Crippen LogP) is 3.51. The summed E-state index contributed by atoms with van der Waals surface area (Å²) < 4.78 is 0. The van der Waals surface area contributed by atoms with Crippen molar-refractivity contribution in [2.75, 3.05) is 0 Å². The van der Waals surface area contributed by atoms with Crippen molar-refractivity contribution < 1.29 is 0 Å². The minimum absolute atomic E-state index is 0.426. The summed E-state index contributed by atoms with van der Waals surface area (Å²) in [6, 6.07) is 1.71. The molecule has 0 aromatic carbocycles. The third-order valence-electron chi connectivity index (χ3n) is 1.48. The first kappa shape index (κ1) is 8.94. The topological polar surface area (TPSA) is 25.8 Å². The zero-order valence-electron chi connectivity index (χ0n) is 6.37. The molecule has 2 aromatic heterocycles. The second kappa shape index (κ2) is 3.62. The summed E-state index contributed by atoms with van der Waals surface area (Å²) >= 11 is 13.2. The van der Waals surface area contributed by atoms with E-state index in [9.17, 15) is 0 Å². The van der Waals surface area contributed by atoms with Gasteiger partial charge in [0.05, 0.1) is 5.02 Å². The molecular weight excluding hydrogens is 227 g/mol. The van der Waals surface area contributed by atoms with Gasteiger partial charge in [-0.1, -0.05) is 23.2 Å². The Morgan fingerprint density at radius 3 is 2.77 bits per heavy atom. The van der Waals surface area contributed by atoms with E-state index in [1.54, 1.807) is 12.3 Å². The van der Waals surface area contributed by atoms with Gasteiger partial charge < -0.3 is 0 Å². The van der Waals surface area contributed by atoms with Crippen molar-refractivity contribution in [3.05, 3.63) is 34.0 Å². The minimum atomic E-state index is 0.426. The smallest absolute Gasteiger partial charge is 0.129 e. The minimum Gasteiger partial charge on any atom is -0.244 e. The fourth-order valence-corrected chi connectivity index (χ4v) is 2.01. The number of pyridine rings is 1. The van der Waals surface area contributed by atoms with E-state index >= 15 is 0 Å². The van der Waals surface area contributed by atoms with Gasteiger partial charge in [0.15, 0.2) is 0 Å². The molecule has 0 aliphatic heterocycles. The van der Waals surface area contributed by atoms with Gasteiger partial charge in [-0.05, 0) is 6.07 Å². The van der Waals surface area contributed by atoms with Crippen molar-refractivity contribution in [1.82, 2.24) is 9.97 Å². The zero-order valence-corrected chi connectivity index (χ0v) is 8.70. The summed E-state index contributed by atoms with van der Waals surface area (Å²) in [4.78, 5) is 8.00. The fourth-order valence-electron chi connectivity index (χ4n) is 0.934. The fraction of sp³-hybridized carbons (Fsp3) is 0. The van der Waals surface area contributed by atoms with Crippen molar-refractivity contribution in [2.24, 2.45) is 0 Å². The molecule has 0 saturated heterocycles. The number of thiazole rings is 1. The molecule has 0 fully saturated rings. The number of hydrogen-bond donors (Lipinski definition) is 0. The summed E-state index contributed by atoms with van der Waals surface area (Å²) in [7, 11) is 0. The molecule has 0 unspecified atom stereocenters. The number of halogens is 2. The molecule has 0 N–H and O–H groups in total. The Labute approximate surface area is 89.2 Å². The maximum atomic E-state index is 5.93. The second-order valence-electron chi connectivity index (χ2n) is 2.32. The van der Waals surface area contributed by atoms with Crippen molar-refractivity contribution in [2.45, 2.75) is 0 Å². The number of hydrogen-bond acceptors (Lipinski definition) is 3. The van der Waals surface area contributed by atoms with Crippen molar-refractivity contribution in [3.63, 3.8) is 0 Å². The maximum Gasteiger partial charge on any atom is 0.129 e. The first-order chi connectivity index (χ1) is 6.27. The largest absolute Gasteiger partial charge is 0.244 e. The van der Waals surface area contributed by atoms with Crippen LogP contribution < -0.4 is 0 Å². The van der Waals surface area contributed by atoms with E-state index in [0.29, 0.717) is 10.2 Å². The molecule has 0 aliphatic rings. The summed E-state index contributed by atoms with van der Waals surface area (Å²) in [6.45, 7) is 0. The van der Waals surface area contributed by atoms with Crippen LogP contribution in [0.4, 0.5) is 0 Å². The van der Waals surface area contributed by atoms with Crippen LogP contribution in [-0.2, 0) is 0 Å². The molecule has 0 bridgehead atoms. The average molecular weight is 231 g/mol. The van der Waals surface area contributed by atoms with Crippen LogP contribution in [-0.4, -0.2) is 9.97 Å². The van der Waals surface area contributed by atoms with E-state index < -0.39 is 0 Å². The Morgan fingerprint density at radius 2 is 2.08 bits per heavy atom. The molecule has 0 radical (unpaired) electrons. The molecule has 0 aliphatic carbocycles. The lowest BCUT2D eigenvalue weighted by atomic mass is 10.3. The Hall–Kier alpha value is -0.640. The molecule has 0 atom stereocenters. The van der Waals surface area contributed by atoms with E-state index in [1.807, 2.05) is 5.38 Å². The van der Waals surface area contributed by atoms with Gasteiger partial charge in [0, 0.05) is 23.3 Å². The monoisotopic (exact) mass is 230 g/mol. The third kappa shape index (κ3) is 1.82. The van der Waals surface area contributed by atoms with E-state index in [1.165, 1.54) is 17.5 Å². The predicted molar refractivity (Wildman–Crippen MR) is 55.4 cm³/mol. The van der Waals surface area contributed by atoms with E-state index in [-0.39, 0.29) is 0 Å². The number of rotatable bonds is 1. The van der Waals surface area contributed by atoms with Crippen LogP contribution in [0.15, 0.2) is 23.8 Å². The highest BCUT2D eigenvalue weighted by molar-refractivity contribution is 7.13. The van der Waals surface area contributed by atoms with Crippen LogP contribution in [0.2, 0.25) is 10.2 Å². The van der Waals surface area contributed by atoms with Crippen LogP contribution in [0, 0.1) is 0 Å². The van der Waals surface area contributed by atoms with Gasteiger partial charge in [0.2, 0.25) is 0 Å². The van der Waals surface area contributed by atoms with Gasteiger partial charge in [-0.25, -0.2) is 9.97 Å². The Kier molecular flexibility index (Phi) is 2.49. The molecular formula is C8H4Cl2N2S. The first-order valence-electron chi connectivity index (χ1n) is 3.48. The standard InChI is InChI=1S/C8H4Cl2N2S/c9-6-4-12-7(10)3-5(6)8-11-1-2-13-8/h1-4H. The van der Waals surface area contributed by atoms with Crippen LogP contribution in [0.1, 0.15) is 0 Å². The lowest BCUT2D eigenvalue weighted by Crippen LogP contribution is -1.81. The normalized spacial score (nSPS) is 10.3. The summed E-state index contributed by atoms with van der Waals surface area (Å²) in [6.07, 6.45) is 3.26. The molecule has 0 spiro atoms. The van der Waals surface area contributed by atoms with Gasteiger partial charge in [0.1, 0.15) is 10.2 Å². The van der Waals surface area contributed by atoms with Gasteiger partial charge in [-0.2, -0.15) is 0 Å². The van der Waals surface area contributed by atoms with Gasteiger partial charge >= 0.3 is 0 Å². The van der Waals surface area contributed by atoms with E-state index in [0.717, 1.165) is 10.6 Å². The summed E-state index contributed by atoms with van der Waals surface area (Å²) in [5.41, 5.74) is 0.830. The molecule has 2 aromatic rings. The zero-order chi connectivity index (χ0) is 9.26. The molecule has 2 heterocycles. The Bertz CT molecular complexity index is 414. The Morgan fingerprint density at radius 1 is 1.23 bits per heavy atom. The quantitative estimate of drug-likeness (QED) is 0.702. The Balaban J connectivity index is 2.57. The third-order valence-corrected chi connectivity index (χ3v) is 2.80. The van der Waals surface area contributed by atoms with Crippen LogP contribution in [0.25, 0.3) is 10.6 Å². The highest BCUT2D eigenvalue weighted by Gasteiger charge is 2.06. The van der Waals surface area contributed by atoms with Crippen LogP contribution in [0.3, 0.4) is 0 Å². The number of aromatic nitrogens is 2. The lowest BCUT2D eigenvalue weighted by molar-refractivity contribution is 1.32. The van der Waals surface area contributed by atoms with Gasteiger partial charge in [0.25, 0.3) is 0 Å². The maximum absolute atomic E-state index is 5.93. The molecule has 66 valence electrons. The average Bonchev–Trinajstić information content (AvgIpc) is 2.61. The van der Waals surface area contributed by atoms with Gasteiger partial charge in [-0.3, -0.25) is 0 Å². The molecule has 5 heteroatoms. The first-order valence-corrected chi connectivity index (χ1v) is 5.12. The van der Waals surface area contributed by atoms with Crippen LogP contribution >= 0.6 is 34.5 Å². The molecule has 13 heavy (non-hydrogen) atoms. The van der Waals surface area contributed by atoms with Crippen LogP contribution in [0.5, 0.6) is 0 Å². The molecule has 2 rings (SSSR count). The van der Waals surface area contributed by atoms with E-state index in [4.69, 9.17) is 23.2 Å². The van der Waals surface area contributed by atoms with Crippen molar-refractivity contribution in [1.29, 1.82) is 0 Å². The lowest BCUT2D eigenvalue weighted by Gasteiger charge is -1.99. The van der Waals surface area contributed by atoms with E-state index in [2.05, 4.69) is 9.97 Å². The molecule has 2 nitrogen and oxygen atoms in total. The van der Waals surface area contributed by atoms with Crippen molar-refractivity contribution in [3.8, 4) is 10.6 Å². The molecule has 0 saturated carbocycles. The SMILES string of the molecule is Clc1cc(-c2nccs2)c(Cl)cn1. The summed E-state index contributed by atoms with van der Waals surface area (Å²) in [5.74, 6) is 0. The molecule has 0 amide bonds. The second-order valence-corrected chi connectivity index (χ2v) is 4.01. The summed E-state index contributed by atoms with van der Waals surface area (Å²) in [5, 5.41) is 3.74. The highest BCUT2D eigenvalue weighted by atomic mass is 35.5. The highest BCUT2D eigenvalue weighted by Crippen LogP contribution is 2.30.